The predicted octanol–water partition coefficient (Wildman–Crippen LogP) is 2.05. The minimum atomic E-state index is -2.77. The zero-order valence-corrected chi connectivity index (χ0v) is 14.9. The van der Waals surface area contributed by atoms with E-state index in [1.54, 1.807) is 0 Å². The maximum Gasteiger partial charge on any atom is 0.150 e. The third-order valence-electron chi connectivity index (χ3n) is 5.71. The van der Waals surface area contributed by atoms with Gasteiger partial charge >= 0.3 is 0 Å². The second kappa shape index (κ2) is 6.55. The molecule has 2 aliphatic rings. The van der Waals surface area contributed by atoms with Crippen LogP contribution in [0.1, 0.15) is 53.4 Å². The summed E-state index contributed by atoms with van der Waals surface area (Å²) in [6.07, 6.45) is 3.90. The van der Waals surface area contributed by atoms with Gasteiger partial charge in [-0.05, 0) is 31.6 Å². The number of nitrogens with one attached hydrogen (secondary N) is 1. The molecule has 1 atom stereocenters. The second-order valence-corrected chi connectivity index (χ2v) is 9.54. The lowest BCUT2D eigenvalue weighted by Crippen LogP contribution is -2.67. The van der Waals surface area contributed by atoms with Gasteiger partial charge in [0.2, 0.25) is 0 Å². The smallest absolute Gasteiger partial charge is 0.150 e. The molecule has 2 saturated heterocycles. The van der Waals surface area contributed by atoms with Gasteiger partial charge in [0.15, 0.2) is 0 Å². The van der Waals surface area contributed by atoms with Crippen molar-refractivity contribution >= 4 is 9.84 Å². The summed E-state index contributed by atoms with van der Waals surface area (Å²) in [5.41, 5.74) is 0.210. The summed E-state index contributed by atoms with van der Waals surface area (Å²) >= 11 is 0. The molecule has 0 aromatic heterocycles. The standard InChI is InChI=1S/C16H32N2O2S/c1-5-16(6-2)12-18(15(11-17-16)13(3)4)14-7-9-21(19,20)10-8-14/h13-15,17H,5-12H2,1-4H3. The minimum Gasteiger partial charge on any atom is -0.308 e. The largest absolute Gasteiger partial charge is 0.308 e. The molecule has 21 heavy (non-hydrogen) atoms. The van der Waals surface area contributed by atoms with E-state index in [2.05, 4.69) is 37.9 Å². The van der Waals surface area contributed by atoms with E-state index in [1.807, 2.05) is 0 Å². The van der Waals surface area contributed by atoms with Gasteiger partial charge in [-0.3, -0.25) is 4.90 Å². The zero-order chi connectivity index (χ0) is 15.7. The van der Waals surface area contributed by atoms with E-state index in [0.717, 1.165) is 38.8 Å². The van der Waals surface area contributed by atoms with Crippen molar-refractivity contribution in [3.8, 4) is 0 Å². The summed E-state index contributed by atoms with van der Waals surface area (Å²) < 4.78 is 23.4. The molecule has 2 heterocycles. The van der Waals surface area contributed by atoms with Crippen molar-refractivity contribution in [2.75, 3.05) is 24.6 Å². The van der Waals surface area contributed by atoms with Crippen molar-refractivity contribution < 1.29 is 8.42 Å². The second-order valence-electron chi connectivity index (χ2n) is 7.24. The van der Waals surface area contributed by atoms with Gasteiger partial charge in [0.1, 0.15) is 9.84 Å². The number of hydrogen-bond acceptors (Lipinski definition) is 4. The van der Waals surface area contributed by atoms with E-state index < -0.39 is 9.84 Å². The first-order chi connectivity index (χ1) is 9.82. The van der Waals surface area contributed by atoms with E-state index in [4.69, 9.17) is 0 Å². The SMILES string of the molecule is CCC1(CC)CN(C2CCS(=O)(=O)CC2)C(C(C)C)CN1. The summed E-state index contributed by atoms with van der Waals surface area (Å²) in [6.45, 7) is 11.2. The number of rotatable bonds is 4. The van der Waals surface area contributed by atoms with E-state index in [0.29, 0.717) is 29.5 Å². The Morgan fingerprint density at radius 1 is 1.19 bits per heavy atom. The van der Waals surface area contributed by atoms with Crippen molar-refractivity contribution in [1.29, 1.82) is 0 Å². The van der Waals surface area contributed by atoms with Crippen molar-refractivity contribution in [2.45, 2.75) is 71.0 Å². The van der Waals surface area contributed by atoms with Crippen LogP contribution < -0.4 is 5.32 Å². The van der Waals surface area contributed by atoms with Gasteiger partial charge in [0, 0.05) is 30.7 Å². The Labute approximate surface area is 130 Å². The molecule has 1 unspecified atom stereocenters. The molecule has 2 fully saturated rings. The maximum absolute atomic E-state index is 11.7. The minimum absolute atomic E-state index is 0.210. The highest BCUT2D eigenvalue weighted by molar-refractivity contribution is 7.91. The van der Waals surface area contributed by atoms with Gasteiger partial charge in [-0.2, -0.15) is 0 Å². The van der Waals surface area contributed by atoms with E-state index in [-0.39, 0.29) is 5.54 Å². The summed E-state index contributed by atoms with van der Waals surface area (Å²) in [5, 5.41) is 3.79. The number of sulfone groups is 1. The Morgan fingerprint density at radius 2 is 1.76 bits per heavy atom. The average molecular weight is 317 g/mol. The van der Waals surface area contributed by atoms with Gasteiger partial charge < -0.3 is 5.32 Å². The summed E-state index contributed by atoms with van der Waals surface area (Å²) in [5.74, 6) is 1.35. The molecule has 0 aromatic rings. The molecule has 2 aliphatic heterocycles. The number of nitrogens with zero attached hydrogens (tertiary/aromatic N) is 1. The third kappa shape index (κ3) is 3.80. The maximum atomic E-state index is 11.7. The molecule has 0 saturated carbocycles. The van der Waals surface area contributed by atoms with E-state index >= 15 is 0 Å². The molecule has 124 valence electrons. The van der Waals surface area contributed by atoms with Gasteiger partial charge in [-0.1, -0.05) is 27.7 Å². The third-order valence-corrected chi connectivity index (χ3v) is 7.43. The number of hydrogen-bond donors (Lipinski definition) is 1. The first-order valence-corrected chi connectivity index (χ1v) is 10.4. The van der Waals surface area contributed by atoms with Crippen molar-refractivity contribution in [3.63, 3.8) is 0 Å². The highest BCUT2D eigenvalue weighted by Crippen LogP contribution is 2.30. The monoisotopic (exact) mass is 316 g/mol. The lowest BCUT2D eigenvalue weighted by Gasteiger charge is -2.52. The Kier molecular flexibility index (Phi) is 5.37. The Morgan fingerprint density at radius 3 is 2.24 bits per heavy atom. The lowest BCUT2D eigenvalue weighted by atomic mass is 9.84. The van der Waals surface area contributed by atoms with Crippen LogP contribution >= 0.6 is 0 Å². The fourth-order valence-electron chi connectivity index (χ4n) is 3.91. The summed E-state index contributed by atoms with van der Waals surface area (Å²) in [4.78, 5) is 2.64. The Balaban J connectivity index is 2.15. The first-order valence-electron chi connectivity index (χ1n) is 8.53. The van der Waals surface area contributed by atoms with Crippen LogP contribution in [-0.4, -0.2) is 55.5 Å². The quantitative estimate of drug-likeness (QED) is 0.862. The zero-order valence-electron chi connectivity index (χ0n) is 14.1. The van der Waals surface area contributed by atoms with Crippen LogP contribution in [0.2, 0.25) is 0 Å². The molecule has 0 amide bonds. The normalized spacial score (nSPS) is 30.6. The van der Waals surface area contributed by atoms with Crippen LogP contribution in [0.5, 0.6) is 0 Å². The lowest BCUT2D eigenvalue weighted by molar-refractivity contribution is 0.0134. The molecule has 5 heteroatoms. The number of piperazine rings is 1. The molecular formula is C16H32N2O2S. The van der Waals surface area contributed by atoms with Crippen LogP contribution in [0.25, 0.3) is 0 Å². The van der Waals surface area contributed by atoms with Crippen LogP contribution in [0.4, 0.5) is 0 Å². The molecule has 1 N–H and O–H groups in total. The van der Waals surface area contributed by atoms with Crippen molar-refractivity contribution in [3.05, 3.63) is 0 Å². The average Bonchev–Trinajstić information content (AvgIpc) is 2.46. The fraction of sp³-hybridized carbons (Fsp3) is 1.00. The molecule has 0 spiro atoms. The van der Waals surface area contributed by atoms with Gasteiger partial charge in [0.25, 0.3) is 0 Å². The topological polar surface area (TPSA) is 49.4 Å². The van der Waals surface area contributed by atoms with Gasteiger partial charge in [-0.15, -0.1) is 0 Å². The molecule has 0 aromatic carbocycles. The van der Waals surface area contributed by atoms with E-state index in [1.165, 1.54) is 0 Å². The Hall–Kier alpha value is -0.130. The fourth-order valence-corrected chi connectivity index (χ4v) is 5.38. The molecule has 2 rings (SSSR count). The van der Waals surface area contributed by atoms with Crippen LogP contribution in [0.15, 0.2) is 0 Å². The highest BCUT2D eigenvalue weighted by atomic mass is 32.2. The highest BCUT2D eigenvalue weighted by Gasteiger charge is 2.41. The Bertz CT molecular complexity index is 429. The molecule has 4 nitrogen and oxygen atoms in total. The first kappa shape index (κ1) is 17.2. The summed E-state index contributed by atoms with van der Waals surface area (Å²) in [6, 6.07) is 0.975. The van der Waals surface area contributed by atoms with Gasteiger partial charge in [-0.25, -0.2) is 8.42 Å². The van der Waals surface area contributed by atoms with Crippen molar-refractivity contribution in [2.24, 2.45) is 5.92 Å². The molecule has 0 bridgehead atoms. The molecule has 0 radical (unpaired) electrons. The van der Waals surface area contributed by atoms with Crippen LogP contribution in [0.3, 0.4) is 0 Å². The van der Waals surface area contributed by atoms with Gasteiger partial charge in [0.05, 0.1) is 11.5 Å². The van der Waals surface area contributed by atoms with Crippen molar-refractivity contribution in [1.82, 2.24) is 10.2 Å². The molecular weight excluding hydrogens is 284 g/mol. The molecule has 0 aliphatic carbocycles. The summed E-state index contributed by atoms with van der Waals surface area (Å²) in [7, 11) is -2.77. The van der Waals surface area contributed by atoms with Crippen LogP contribution in [0, 0.1) is 5.92 Å². The van der Waals surface area contributed by atoms with E-state index in [9.17, 15) is 8.42 Å². The van der Waals surface area contributed by atoms with Crippen LogP contribution in [-0.2, 0) is 9.84 Å². The predicted molar refractivity (Wildman–Crippen MR) is 88.3 cm³/mol.